The van der Waals surface area contributed by atoms with Crippen molar-refractivity contribution in [2.24, 2.45) is 4.99 Å². The van der Waals surface area contributed by atoms with Crippen LogP contribution in [0.3, 0.4) is 0 Å². The molecular weight excluding hydrogens is 356 g/mol. The fraction of sp³-hybridized carbons (Fsp3) is 0.0435. The molecule has 0 bridgehead atoms. The van der Waals surface area contributed by atoms with Gasteiger partial charge in [-0.2, -0.15) is 0 Å². The fourth-order valence-corrected chi connectivity index (χ4v) is 2.80. The molecule has 0 spiro atoms. The summed E-state index contributed by atoms with van der Waals surface area (Å²) in [4.78, 5) is 9.05. The lowest BCUT2D eigenvalue weighted by atomic mass is 10.1. The molecule has 1 heterocycles. The molecule has 27 heavy (non-hydrogen) atoms. The van der Waals surface area contributed by atoms with Gasteiger partial charge in [-0.05, 0) is 61.0 Å². The van der Waals surface area contributed by atoms with E-state index in [1.54, 1.807) is 6.21 Å². The molecule has 0 atom stereocenters. The number of allylic oxidation sites excluding steroid dienone is 1. The summed E-state index contributed by atoms with van der Waals surface area (Å²) in [5.74, 6) is 0.619. The summed E-state index contributed by atoms with van der Waals surface area (Å²) in [5.41, 5.74) is 5.61. The Bertz CT molecular complexity index is 1120. The number of aryl methyl sites for hydroxylation is 1. The number of halogens is 1. The molecular formula is C23H17ClN2O. The largest absolute Gasteiger partial charge is 0.436 e. The minimum Gasteiger partial charge on any atom is -0.436 e. The van der Waals surface area contributed by atoms with Gasteiger partial charge in [0, 0.05) is 16.8 Å². The molecule has 1 aromatic heterocycles. The maximum atomic E-state index is 5.88. The Kier molecular flexibility index (Phi) is 4.86. The van der Waals surface area contributed by atoms with E-state index in [4.69, 9.17) is 16.0 Å². The maximum absolute atomic E-state index is 5.88. The van der Waals surface area contributed by atoms with Crippen molar-refractivity contribution >= 4 is 40.7 Å². The molecule has 0 aliphatic carbocycles. The Morgan fingerprint density at radius 2 is 1.74 bits per heavy atom. The fourth-order valence-electron chi connectivity index (χ4n) is 2.67. The van der Waals surface area contributed by atoms with E-state index in [9.17, 15) is 0 Å². The van der Waals surface area contributed by atoms with Gasteiger partial charge in [-0.3, -0.25) is 4.99 Å². The van der Waals surface area contributed by atoms with Crippen LogP contribution in [0.4, 0.5) is 5.69 Å². The highest BCUT2D eigenvalue weighted by atomic mass is 35.5. The zero-order valence-electron chi connectivity index (χ0n) is 14.8. The Morgan fingerprint density at radius 1 is 0.963 bits per heavy atom. The number of aromatic nitrogens is 1. The van der Waals surface area contributed by atoms with E-state index in [1.807, 2.05) is 78.9 Å². The molecule has 0 unspecified atom stereocenters. The molecule has 0 aliphatic heterocycles. The van der Waals surface area contributed by atoms with Gasteiger partial charge < -0.3 is 4.42 Å². The summed E-state index contributed by atoms with van der Waals surface area (Å²) in [7, 11) is 0. The van der Waals surface area contributed by atoms with Gasteiger partial charge in [0.15, 0.2) is 5.58 Å². The topological polar surface area (TPSA) is 38.4 Å². The average molecular weight is 373 g/mol. The number of hydrogen-bond donors (Lipinski definition) is 0. The van der Waals surface area contributed by atoms with Gasteiger partial charge in [0.25, 0.3) is 0 Å². The number of hydrogen-bond acceptors (Lipinski definition) is 3. The standard InChI is InChI=1S/C23H17ClN2O/c1-16-4-8-18(9-5-16)23-26-21-15-20(12-13-22(21)27-23)25-14-2-3-17-6-10-19(24)11-7-17/h2-15H,1H3. The summed E-state index contributed by atoms with van der Waals surface area (Å²) in [6, 6.07) is 21.5. The molecule has 0 saturated heterocycles. The van der Waals surface area contributed by atoms with E-state index >= 15 is 0 Å². The third kappa shape index (κ3) is 4.15. The van der Waals surface area contributed by atoms with Crippen LogP contribution < -0.4 is 0 Å². The number of rotatable bonds is 4. The molecule has 0 fully saturated rings. The number of benzene rings is 3. The number of aliphatic imine (C=N–C) groups is 1. The van der Waals surface area contributed by atoms with Crippen molar-refractivity contribution in [3.8, 4) is 11.5 Å². The lowest BCUT2D eigenvalue weighted by molar-refractivity contribution is 0.620. The van der Waals surface area contributed by atoms with Crippen molar-refractivity contribution in [1.82, 2.24) is 4.98 Å². The Labute approximate surface area is 162 Å². The van der Waals surface area contributed by atoms with Gasteiger partial charge in [-0.25, -0.2) is 4.98 Å². The highest BCUT2D eigenvalue weighted by Gasteiger charge is 2.08. The summed E-state index contributed by atoms with van der Waals surface area (Å²) in [6.07, 6.45) is 5.63. The Hall–Kier alpha value is -3.17. The van der Waals surface area contributed by atoms with Gasteiger partial charge in [-0.1, -0.05) is 47.5 Å². The van der Waals surface area contributed by atoms with Gasteiger partial charge in [0.1, 0.15) is 5.52 Å². The number of oxazole rings is 1. The molecule has 4 rings (SSSR count). The van der Waals surface area contributed by atoms with E-state index in [2.05, 4.69) is 16.9 Å². The second-order valence-electron chi connectivity index (χ2n) is 6.23. The first kappa shape index (κ1) is 17.3. The molecule has 4 aromatic rings. The van der Waals surface area contributed by atoms with Crippen LogP contribution >= 0.6 is 11.6 Å². The zero-order chi connectivity index (χ0) is 18.6. The predicted octanol–water partition coefficient (Wildman–Crippen LogP) is 6.87. The smallest absolute Gasteiger partial charge is 0.227 e. The van der Waals surface area contributed by atoms with Crippen LogP contribution in [0.1, 0.15) is 11.1 Å². The summed E-state index contributed by atoms with van der Waals surface area (Å²) in [5, 5.41) is 0.728. The highest BCUT2D eigenvalue weighted by Crippen LogP contribution is 2.27. The third-order valence-corrected chi connectivity index (χ3v) is 4.39. The van der Waals surface area contributed by atoms with E-state index in [0.29, 0.717) is 5.89 Å². The predicted molar refractivity (Wildman–Crippen MR) is 113 cm³/mol. The van der Waals surface area contributed by atoms with Gasteiger partial charge in [0.05, 0.1) is 5.69 Å². The monoisotopic (exact) mass is 372 g/mol. The molecule has 132 valence electrons. The lowest BCUT2D eigenvalue weighted by Crippen LogP contribution is -1.77. The van der Waals surface area contributed by atoms with Gasteiger partial charge in [0.2, 0.25) is 5.89 Å². The molecule has 4 heteroatoms. The number of fused-ring (bicyclic) bond motifs is 1. The highest BCUT2D eigenvalue weighted by molar-refractivity contribution is 6.30. The molecule has 0 N–H and O–H groups in total. The molecule has 0 amide bonds. The van der Waals surface area contributed by atoms with Crippen molar-refractivity contribution in [2.45, 2.75) is 6.92 Å². The molecule has 0 saturated carbocycles. The van der Waals surface area contributed by atoms with E-state index < -0.39 is 0 Å². The second kappa shape index (κ2) is 7.60. The van der Waals surface area contributed by atoms with Crippen molar-refractivity contribution in [1.29, 1.82) is 0 Å². The van der Waals surface area contributed by atoms with Gasteiger partial charge >= 0.3 is 0 Å². The Balaban J connectivity index is 1.52. The molecule has 0 radical (unpaired) electrons. The molecule has 0 aliphatic rings. The van der Waals surface area contributed by atoms with Crippen LogP contribution in [0.2, 0.25) is 5.02 Å². The SMILES string of the molecule is Cc1ccc(-c2nc3cc(N=CC=Cc4ccc(Cl)cc4)ccc3o2)cc1. The van der Waals surface area contributed by atoms with Crippen LogP contribution in [-0.4, -0.2) is 11.2 Å². The summed E-state index contributed by atoms with van der Waals surface area (Å²) >= 11 is 5.88. The van der Waals surface area contributed by atoms with E-state index in [1.165, 1.54) is 5.56 Å². The minimum atomic E-state index is 0.619. The van der Waals surface area contributed by atoms with Crippen LogP contribution in [0.5, 0.6) is 0 Å². The van der Waals surface area contributed by atoms with E-state index in [0.717, 1.165) is 32.9 Å². The first-order valence-electron chi connectivity index (χ1n) is 8.61. The third-order valence-electron chi connectivity index (χ3n) is 4.14. The normalized spacial score (nSPS) is 11.8. The van der Waals surface area contributed by atoms with Crippen LogP contribution in [-0.2, 0) is 0 Å². The van der Waals surface area contributed by atoms with Gasteiger partial charge in [-0.15, -0.1) is 0 Å². The zero-order valence-corrected chi connectivity index (χ0v) is 15.5. The van der Waals surface area contributed by atoms with Crippen molar-refractivity contribution in [3.63, 3.8) is 0 Å². The van der Waals surface area contributed by atoms with Crippen molar-refractivity contribution in [2.75, 3.05) is 0 Å². The quantitative estimate of drug-likeness (QED) is 0.366. The maximum Gasteiger partial charge on any atom is 0.227 e. The average Bonchev–Trinajstić information content (AvgIpc) is 3.10. The first-order valence-corrected chi connectivity index (χ1v) is 8.99. The summed E-state index contributed by atoms with van der Waals surface area (Å²) in [6.45, 7) is 2.06. The van der Waals surface area contributed by atoms with Crippen molar-refractivity contribution < 1.29 is 4.42 Å². The van der Waals surface area contributed by atoms with Crippen LogP contribution in [0.15, 0.2) is 82.2 Å². The molecule has 3 nitrogen and oxygen atoms in total. The Morgan fingerprint density at radius 3 is 2.52 bits per heavy atom. The van der Waals surface area contributed by atoms with Crippen LogP contribution in [0, 0.1) is 6.92 Å². The van der Waals surface area contributed by atoms with Crippen LogP contribution in [0.25, 0.3) is 28.6 Å². The second-order valence-corrected chi connectivity index (χ2v) is 6.66. The number of nitrogens with zero attached hydrogens (tertiary/aromatic N) is 2. The van der Waals surface area contributed by atoms with Crippen molar-refractivity contribution in [3.05, 3.63) is 89.0 Å². The van der Waals surface area contributed by atoms with E-state index in [-0.39, 0.29) is 0 Å². The molecule has 3 aromatic carbocycles. The summed E-state index contributed by atoms with van der Waals surface area (Å²) < 4.78 is 5.85. The minimum absolute atomic E-state index is 0.619. The first-order chi connectivity index (χ1) is 13.2. The lowest BCUT2D eigenvalue weighted by Gasteiger charge is -1.95.